The summed E-state index contributed by atoms with van der Waals surface area (Å²) < 4.78 is 0. The van der Waals surface area contributed by atoms with Gasteiger partial charge in [-0.25, -0.2) is 0 Å². The molecule has 3 rings (SSSR count). The fourth-order valence-corrected chi connectivity index (χ4v) is 3.10. The van der Waals surface area contributed by atoms with Gasteiger partial charge in [0.05, 0.1) is 0 Å². The standard InChI is InChI=1S/C15H13NO2S/c1-9-7-19-8-12(9)15(18)11-2-4-13-10(6-11)3-5-14(17)16-13/h2,4,6-8H,3,5H2,1H3,(H,16,17). The molecule has 0 fully saturated rings. The molecule has 0 saturated carbocycles. The average molecular weight is 271 g/mol. The van der Waals surface area contributed by atoms with E-state index in [1.807, 2.05) is 29.8 Å². The second-order valence-corrected chi connectivity index (χ2v) is 5.46. The third-order valence-corrected chi connectivity index (χ3v) is 4.22. The molecule has 3 nitrogen and oxygen atoms in total. The van der Waals surface area contributed by atoms with Crippen LogP contribution in [0.1, 0.15) is 33.5 Å². The molecule has 1 aromatic heterocycles. The largest absolute Gasteiger partial charge is 0.326 e. The molecule has 1 aliphatic heterocycles. The van der Waals surface area contributed by atoms with Crippen molar-refractivity contribution >= 4 is 28.7 Å². The SMILES string of the molecule is Cc1cscc1C(=O)c1ccc2c(c1)CCC(=O)N2. The average Bonchev–Trinajstić information content (AvgIpc) is 2.83. The molecule has 2 heterocycles. The Morgan fingerprint density at radius 1 is 1.26 bits per heavy atom. The summed E-state index contributed by atoms with van der Waals surface area (Å²) in [5, 5.41) is 6.69. The van der Waals surface area contributed by atoms with E-state index in [0.717, 1.165) is 22.4 Å². The van der Waals surface area contributed by atoms with Crippen molar-refractivity contribution in [3.8, 4) is 0 Å². The Balaban J connectivity index is 1.97. The number of anilines is 1. The highest BCUT2D eigenvalue weighted by atomic mass is 32.1. The molecular weight excluding hydrogens is 258 g/mol. The van der Waals surface area contributed by atoms with E-state index in [-0.39, 0.29) is 11.7 Å². The minimum Gasteiger partial charge on any atom is -0.326 e. The van der Waals surface area contributed by atoms with Gasteiger partial charge in [-0.15, -0.1) is 0 Å². The van der Waals surface area contributed by atoms with E-state index in [2.05, 4.69) is 5.32 Å². The Labute approximate surface area is 115 Å². The third kappa shape index (κ3) is 2.19. The van der Waals surface area contributed by atoms with Crippen LogP contribution in [0.5, 0.6) is 0 Å². The number of thiophene rings is 1. The summed E-state index contributed by atoms with van der Waals surface area (Å²) in [7, 11) is 0. The number of ketones is 1. The number of nitrogens with one attached hydrogen (secondary N) is 1. The lowest BCUT2D eigenvalue weighted by Gasteiger charge is -2.17. The van der Waals surface area contributed by atoms with Crippen molar-refractivity contribution in [1.29, 1.82) is 0 Å². The molecule has 96 valence electrons. The van der Waals surface area contributed by atoms with Crippen LogP contribution in [-0.4, -0.2) is 11.7 Å². The zero-order valence-corrected chi connectivity index (χ0v) is 11.3. The van der Waals surface area contributed by atoms with Gasteiger partial charge in [0.1, 0.15) is 0 Å². The zero-order chi connectivity index (χ0) is 13.4. The molecule has 0 atom stereocenters. The van der Waals surface area contributed by atoms with Gasteiger partial charge in [-0.05, 0) is 48.1 Å². The second-order valence-electron chi connectivity index (χ2n) is 4.72. The summed E-state index contributed by atoms with van der Waals surface area (Å²) in [4.78, 5) is 23.7. The summed E-state index contributed by atoms with van der Waals surface area (Å²) in [5.74, 6) is 0.0960. The predicted octanol–water partition coefficient (Wildman–Crippen LogP) is 3.17. The van der Waals surface area contributed by atoms with Crippen LogP contribution in [0.2, 0.25) is 0 Å². The van der Waals surface area contributed by atoms with Gasteiger partial charge in [-0.1, -0.05) is 0 Å². The number of hydrogen-bond donors (Lipinski definition) is 1. The van der Waals surface area contributed by atoms with Crippen LogP contribution < -0.4 is 5.32 Å². The Morgan fingerprint density at radius 3 is 2.84 bits per heavy atom. The third-order valence-electron chi connectivity index (χ3n) is 3.36. The number of aryl methyl sites for hydroxylation is 2. The van der Waals surface area contributed by atoms with Gasteiger partial charge < -0.3 is 5.32 Å². The number of rotatable bonds is 2. The maximum atomic E-state index is 12.4. The number of carbonyl (C=O) groups is 2. The molecule has 2 aromatic rings. The number of hydrogen-bond acceptors (Lipinski definition) is 3. The zero-order valence-electron chi connectivity index (χ0n) is 10.5. The van der Waals surface area contributed by atoms with Gasteiger partial charge in [0.15, 0.2) is 5.78 Å². The summed E-state index contributed by atoms with van der Waals surface area (Å²) in [6.45, 7) is 1.95. The van der Waals surface area contributed by atoms with Crippen LogP contribution in [0.15, 0.2) is 29.0 Å². The smallest absolute Gasteiger partial charge is 0.224 e. The lowest BCUT2D eigenvalue weighted by atomic mass is 9.96. The van der Waals surface area contributed by atoms with Gasteiger partial charge in [0.25, 0.3) is 0 Å². The van der Waals surface area contributed by atoms with E-state index < -0.39 is 0 Å². The number of benzene rings is 1. The van der Waals surface area contributed by atoms with Crippen molar-refractivity contribution in [2.75, 3.05) is 5.32 Å². The number of fused-ring (bicyclic) bond motifs is 1. The molecule has 4 heteroatoms. The number of carbonyl (C=O) groups excluding carboxylic acids is 2. The van der Waals surface area contributed by atoms with Gasteiger partial charge in [0.2, 0.25) is 5.91 Å². The van der Waals surface area contributed by atoms with Crippen LogP contribution in [0, 0.1) is 6.92 Å². The first kappa shape index (κ1) is 12.1. The molecule has 1 amide bonds. The Hall–Kier alpha value is -1.94. The minimum absolute atomic E-state index is 0.0419. The Bertz CT molecular complexity index is 673. The first-order chi connectivity index (χ1) is 9.15. The summed E-state index contributed by atoms with van der Waals surface area (Å²) in [6, 6.07) is 5.50. The lowest BCUT2D eigenvalue weighted by molar-refractivity contribution is -0.116. The molecule has 0 unspecified atom stereocenters. The molecule has 0 bridgehead atoms. The molecule has 1 aliphatic rings. The molecule has 1 aromatic carbocycles. The highest BCUT2D eigenvalue weighted by molar-refractivity contribution is 7.08. The van der Waals surface area contributed by atoms with Gasteiger partial charge in [0, 0.05) is 28.6 Å². The van der Waals surface area contributed by atoms with Crippen LogP contribution in [0.3, 0.4) is 0 Å². The highest BCUT2D eigenvalue weighted by Crippen LogP contribution is 2.26. The lowest BCUT2D eigenvalue weighted by Crippen LogP contribution is -2.19. The van der Waals surface area contributed by atoms with Crippen molar-refractivity contribution in [2.24, 2.45) is 0 Å². The Kier molecular flexibility index (Phi) is 2.95. The second kappa shape index (κ2) is 4.63. The van der Waals surface area contributed by atoms with Crippen molar-refractivity contribution in [2.45, 2.75) is 19.8 Å². The summed E-state index contributed by atoms with van der Waals surface area (Å²) in [6.07, 6.45) is 1.19. The maximum Gasteiger partial charge on any atom is 0.224 e. The van der Waals surface area contributed by atoms with E-state index in [0.29, 0.717) is 18.4 Å². The normalized spacial score (nSPS) is 13.8. The molecule has 0 aliphatic carbocycles. The molecule has 0 saturated heterocycles. The monoisotopic (exact) mass is 271 g/mol. The van der Waals surface area contributed by atoms with Crippen LogP contribution in [0.4, 0.5) is 5.69 Å². The minimum atomic E-state index is 0.0419. The van der Waals surface area contributed by atoms with E-state index in [1.165, 1.54) is 0 Å². The van der Waals surface area contributed by atoms with Crippen molar-refractivity contribution in [1.82, 2.24) is 0 Å². The van der Waals surface area contributed by atoms with E-state index in [1.54, 1.807) is 17.4 Å². The molecule has 19 heavy (non-hydrogen) atoms. The van der Waals surface area contributed by atoms with Crippen molar-refractivity contribution in [3.63, 3.8) is 0 Å². The maximum absolute atomic E-state index is 12.4. The van der Waals surface area contributed by atoms with Crippen LogP contribution in [0.25, 0.3) is 0 Å². The quantitative estimate of drug-likeness (QED) is 0.853. The van der Waals surface area contributed by atoms with E-state index >= 15 is 0 Å². The molecule has 0 radical (unpaired) electrons. The fourth-order valence-electron chi connectivity index (χ4n) is 2.27. The van der Waals surface area contributed by atoms with Crippen molar-refractivity contribution in [3.05, 3.63) is 51.2 Å². The first-order valence-corrected chi connectivity index (χ1v) is 7.09. The van der Waals surface area contributed by atoms with Crippen LogP contribution in [-0.2, 0) is 11.2 Å². The highest BCUT2D eigenvalue weighted by Gasteiger charge is 2.18. The topological polar surface area (TPSA) is 46.2 Å². The van der Waals surface area contributed by atoms with E-state index in [9.17, 15) is 9.59 Å². The van der Waals surface area contributed by atoms with E-state index in [4.69, 9.17) is 0 Å². The molecular formula is C15H13NO2S. The fraction of sp³-hybridized carbons (Fsp3) is 0.200. The molecule has 1 N–H and O–H groups in total. The van der Waals surface area contributed by atoms with Crippen molar-refractivity contribution < 1.29 is 9.59 Å². The molecule has 0 spiro atoms. The first-order valence-electron chi connectivity index (χ1n) is 6.15. The Morgan fingerprint density at radius 2 is 2.11 bits per heavy atom. The van der Waals surface area contributed by atoms with Crippen LogP contribution >= 0.6 is 11.3 Å². The van der Waals surface area contributed by atoms with Gasteiger partial charge in [-0.2, -0.15) is 11.3 Å². The number of amides is 1. The summed E-state index contributed by atoms with van der Waals surface area (Å²) in [5.41, 5.74) is 4.34. The van der Waals surface area contributed by atoms with Gasteiger partial charge >= 0.3 is 0 Å². The predicted molar refractivity (Wildman–Crippen MR) is 75.9 cm³/mol. The van der Waals surface area contributed by atoms with Gasteiger partial charge in [-0.3, -0.25) is 9.59 Å². The summed E-state index contributed by atoms with van der Waals surface area (Å²) >= 11 is 1.54.